The summed E-state index contributed by atoms with van der Waals surface area (Å²) >= 11 is 5.64. The van der Waals surface area contributed by atoms with Crippen LogP contribution >= 0.6 is 11.8 Å². The Labute approximate surface area is 99.8 Å². The Balaban J connectivity index is 2.65. The Morgan fingerprint density at radius 1 is 1.25 bits per heavy atom. The summed E-state index contributed by atoms with van der Waals surface area (Å²) in [5, 5.41) is 2.97. The molecule has 1 atom stereocenters. The second kappa shape index (κ2) is 4.55. The molecule has 0 aliphatic heterocycles. The average Bonchev–Trinajstić information content (AvgIpc) is 2.21. The largest absolute Gasteiger partial charge is 0.380 e. The van der Waals surface area contributed by atoms with Crippen molar-refractivity contribution in [2.24, 2.45) is 5.41 Å². The molecule has 0 radical (unpaired) electrons. The Hall–Kier alpha value is -0.870. The highest BCUT2D eigenvalue weighted by Gasteiger charge is 2.25. The number of rotatable bonds is 4. The van der Waals surface area contributed by atoms with Gasteiger partial charge in [0.1, 0.15) is 0 Å². The van der Waals surface area contributed by atoms with E-state index in [4.69, 9.17) is 11.8 Å². The second-order valence-electron chi connectivity index (χ2n) is 5.07. The van der Waals surface area contributed by atoms with Crippen molar-refractivity contribution in [3.05, 3.63) is 26.0 Å². The van der Waals surface area contributed by atoms with Crippen LogP contribution in [0.25, 0.3) is 0 Å². The Morgan fingerprint density at radius 3 is 2.19 bits per heavy atom. The van der Waals surface area contributed by atoms with Crippen molar-refractivity contribution in [2.45, 2.75) is 33.7 Å². The van der Waals surface area contributed by atoms with E-state index >= 15 is 0 Å². The highest BCUT2D eigenvalue weighted by atomic mass is 35.5. The van der Waals surface area contributed by atoms with Gasteiger partial charge in [-0.1, -0.05) is 20.8 Å². The van der Waals surface area contributed by atoms with Crippen molar-refractivity contribution >= 4 is 17.5 Å². The maximum Gasteiger partial charge on any atom is 0.249 e. The molecule has 0 saturated heterocycles. The van der Waals surface area contributed by atoms with Crippen LogP contribution < -0.4 is 21.0 Å². The zero-order valence-corrected chi connectivity index (χ0v) is 10.7. The van der Waals surface area contributed by atoms with Gasteiger partial charge in [-0.25, -0.2) is 4.84 Å². The summed E-state index contributed by atoms with van der Waals surface area (Å²) in [6, 6.07) is 0.0120. The van der Waals surface area contributed by atoms with Gasteiger partial charge in [-0.3, -0.25) is 9.59 Å². The fourth-order valence-corrected chi connectivity index (χ4v) is 1.84. The second-order valence-corrected chi connectivity index (χ2v) is 5.29. The zero-order valence-electron chi connectivity index (χ0n) is 9.98. The van der Waals surface area contributed by atoms with Crippen LogP contribution in [0.3, 0.4) is 0 Å². The minimum absolute atomic E-state index is 0.0120. The standard InChI is InChI=1S/C11H17ClN2O2/c1-6-8(10(16)9(6)15)13-5-7(14-12)11(2,3)4/h7,13-14H,5H2,1-4H3/t7-/m1/s1. The molecule has 90 valence electrons. The summed E-state index contributed by atoms with van der Waals surface area (Å²) in [6.07, 6.45) is 0. The first kappa shape index (κ1) is 13.2. The van der Waals surface area contributed by atoms with Crippen molar-refractivity contribution in [1.29, 1.82) is 0 Å². The fourth-order valence-electron chi connectivity index (χ4n) is 1.43. The lowest BCUT2D eigenvalue weighted by atomic mass is 9.87. The molecule has 0 aliphatic rings. The maximum atomic E-state index is 11.2. The summed E-state index contributed by atoms with van der Waals surface area (Å²) in [5.41, 5.74) is 0.0757. The molecule has 0 amide bonds. The number of nitrogens with one attached hydrogen (secondary N) is 2. The summed E-state index contributed by atoms with van der Waals surface area (Å²) < 4.78 is 0. The number of hydrogen-bond acceptors (Lipinski definition) is 4. The van der Waals surface area contributed by atoms with E-state index in [1.165, 1.54) is 0 Å². The van der Waals surface area contributed by atoms with Crippen LogP contribution in [0, 0.1) is 12.3 Å². The average molecular weight is 245 g/mol. The first-order chi connectivity index (χ1) is 7.29. The third-order valence-electron chi connectivity index (χ3n) is 2.81. The van der Waals surface area contributed by atoms with E-state index < -0.39 is 10.9 Å². The van der Waals surface area contributed by atoms with Crippen LogP contribution in [0.1, 0.15) is 26.3 Å². The molecule has 0 bridgehead atoms. The molecule has 0 heterocycles. The highest BCUT2D eigenvalue weighted by Crippen LogP contribution is 2.20. The van der Waals surface area contributed by atoms with Crippen molar-refractivity contribution in [1.82, 2.24) is 4.84 Å². The summed E-state index contributed by atoms with van der Waals surface area (Å²) in [7, 11) is 0. The van der Waals surface area contributed by atoms with E-state index in [0.29, 0.717) is 17.8 Å². The number of anilines is 1. The molecule has 1 aromatic rings. The normalized spacial score (nSPS) is 14.1. The van der Waals surface area contributed by atoms with E-state index in [1.807, 2.05) is 20.8 Å². The quantitative estimate of drug-likeness (QED) is 0.617. The molecule has 4 nitrogen and oxygen atoms in total. The summed E-state index contributed by atoms with van der Waals surface area (Å²) in [5.74, 6) is 0. The molecule has 16 heavy (non-hydrogen) atoms. The van der Waals surface area contributed by atoms with Crippen LogP contribution in [0.4, 0.5) is 5.69 Å². The topological polar surface area (TPSA) is 58.2 Å². The molecule has 0 aromatic heterocycles. The molecule has 0 unspecified atom stereocenters. The minimum atomic E-state index is -0.431. The molecule has 0 spiro atoms. The monoisotopic (exact) mass is 244 g/mol. The van der Waals surface area contributed by atoms with Crippen molar-refractivity contribution in [2.75, 3.05) is 11.9 Å². The van der Waals surface area contributed by atoms with E-state index in [-0.39, 0.29) is 11.5 Å². The van der Waals surface area contributed by atoms with Gasteiger partial charge in [-0.2, -0.15) is 0 Å². The van der Waals surface area contributed by atoms with Gasteiger partial charge in [-0.05, 0) is 24.1 Å². The lowest BCUT2D eigenvalue weighted by Crippen LogP contribution is -2.44. The van der Waals surface area contributed by atoms with Gasteiger partial charge in [0.2, 0.25) is 10.9 Å². The SMILES string of the molecule is Cc1c(NC[C@@H](NCl)C(C)(C)C)c(=O)c1=O. The summed E-state index contributed by atoms with van der Waals surface area (Å²) in [6.45, 7) is 8.29. The first-order valence-corrected chi connectivity index (χ1v) is 5.56. The van der Waals surface area contributed by atoms with Crippen molar-refractivity contribution < 1.29 is 0 Å². The van der Waals surface area contributed by atoms with Gasteiger partial charge in [0.15, 0.2) is 0 Å². The van der Waals surface area contributed by atoms with Crippen LogP contribution in [-0.4, -0.2) is 12.6 Å². The molecule has 0 saturated carbocycles. The minimum Gasteiger partial charge on any atom is -0.380 e. The lowest BCUT2D eigenvalue weighted by molar-refractivity contribution is 0.313. The van der Waals surface area contributed by atoms with Gasteiger partial charge in [0, 0.05) is 18.2 Å². The van der Waals surface area contributed by atoms with Crippen molar-refractivity contribution in [3.63, 3.8) is 0 Å². The molecule has 1 aromatic carbocycles. The fraction of sp³-hybridized carbons (Fsp3) is 0.636. The third kappa shape index (κ3) is 2.44. The Bertz CT molecular complexity index is 441. The van der Waals surface area contributed by atoms with Gasteiger partial charge in [0.05, 0.1) is 5.69 Å². The molecule has 1 rings (SSSR count). The Morgan fingerprint density at radius 2 is 1.81 bits per heavy atom. The van der Waals surface area contributed by atoms with Crippen LogP contribution in [0.15, 0.2) is 9.59 Å². The smallest absolute Gasteiger partial charge is 0.249 e. The molecule has 5 heteroatoms. The van der Waals surface area contributed by atoms with Crippen LogP contribution in [0.5, 0.6) is 0 Å². The van der Waals surface area contributed by atoms with Gasteiger partial charge < -0.3 is 5.32 Å². The maximum absolute atomic E-state index is 11.2. The molecule has 0 fully saturated rings. The van der Waals surface area contributed by atoms with Gasteiger partial charge >= 0.3 is 0 Å². The molecule has 0 aliphatic carbocycles. The van der Waals surface area contributed by atoms with E-state index in [0.717, 1.165) is 0 Å². The predicted octanol–water partition coefficient (Wildman–Crippen LogP) is 1.16. The first-order valence-electron chi connectivity index (χ1n) is 5.19. The number of halogens is 1. The zero-order chi connectivity index (χ0) is 12.5. The molecule has 2 N–H and O–H groups in total. The predicted molar refractivity (Wildman–Crippen MR) is 66.8 cm³/mol. The molecular formula is C11H17ClN2O2. The van der Waals surface area contributed by atoms with Crippen molar-refractivity contribution in [3.8, 4) is 0 Å². The van der Waals surface area contributed by atoms with Crippen LogP contribution in [-0.2, 0) is 0 Å². The van der Waals surface area contributed by atoms with Gasteiger partial charge in [0.25, 0.3) is 0 Å². The lowest BCUT2D eigenvalue weighted by Gasteiger charge is -2.29. The Kier molecular flexibility index (Phi) is 3.76. The van der Waals surface area contributed by atoms with Gasteiger partial charge in [-0.15, -0.1) is 0 Å². The van der Waals surface area contributed by atoms with Crippen LogP contribution in [0.2, 0.25) is 0 Å². The number of hydrogen-bond donors (Lipinski definition) is 2. The van der Waals surface area contributed by atoms with E-state index in [9.17, 15) is 9.59 Å². The third-order valence-corrected chi connectivity index (χ3v) is 3.07. The van der Waals surface area contributed by atoms with E-state index in [1.54, 1.807) is 6.92 Å². The summed E-state index contributed by atoms with van der Waals surface area (Å²) in [4.78, 5) is 24.9. The highest BCUT2D eigenvalue weighted by molar-refractivity contribution is 6.13. The van der Waals surface area contributed by atoms with E-state index in [2.05, 4.69) is 10.2 Å². The molecular weight excluding hydrogens is 228 g/mol.